The summed E-state index contributed by atoms with van der Waals surface area (Å²) >= 11 is 0. The van der Waals surface area contributed by atoms with Crippen LogP contribution >= 0.6 is 0 Å². The van der Waals surface area contributed by atoms with Crippen LogP contribution in [0.4, 0.5) is 8.78 Å². The van der Waals surface area contributed by atoms with Gasteiger partial charge in [-0.3, -0.25) is 4.79 Å². The first-order chi connectivity index (χ1) is 13.0. The number of halogens is 2. The smallest absolute Gasteiger partial charge is 0.261 e. The molecule has 0 aliphatic heterocycles. The molecule has 0 radical (unpaired) electrons. The third-order valence-corrected chi connectivity index (χ3v) is 4.38. The zero-order valence-electron chi connectivity index (χ0n) is 15.2. The molecule has 7 heteroatoms. The third kappa shape index (κ3) is 4.67. The fourth-order valence-corrected chi connectivity index (χ4v) is 2.81. The lowest BCUT2D eigenvalue weighted by Gasteiger charge is -2.24. The molecule has 0 saturated heterocycles. The molecule has 0 aromatic heterocycles. The standard InChI is InChI=1S/C20H21F2NO4/c1-25-16-6-8-18(26-2)13(9-16)11-23(15-4-5-15)20(24)12-27-19-7-3-14(21)10-17(19)22/h3,6-10,15H,4-5,11-12H2,1-2H3. The van der Waals surface area contributed by atoms with Crippen molar-refractivity contribution in [1.82, 2.24) is 4.90 Å². The Hall–Kier alpha value is -2.83. The lowest BCUT2D eigenvalue weighted by atomic mass is 10.1. The van der Waals surface area contributed by atoms with Gasteiger partial charge in [0.2, 0.25) is 0 Å². The number of nitrogens with zero attached hydrogens (tertiary/aromatic N) is 1. The summed E-state index contributed by atoms with van der Waals surface area (Å²) in [6.07, 6.45) is 1.81. The molecule has 2 aromatic rings. The molecular formula is C20H21F2NO4. The normalized spacial score (nSPS) is 13.2. The maximum Gasteiger partial charge on any atom is 0.261 e. The average Bonchev–Trinajstić information content (AvgIpc) is 3.50. The Morgan fingerprint density at radius 1 is 1.07 bits per heavy atom. The van der Waals surface area contributed by atoms with Gasteiger partial charge in [0, 0.05) is 24.2 Å². The second-order valence-electron chi connectivity index (χ2n) is 6.29. The minimum absolute atomic E-state index is 0.120. The number of rotatable bonds is 8. The van der Waals surface area contributed by atoms with E-state index in [9.17, 15) is 13.6 Å². The predicted octanol–water partition coefficient (Wildman–Crippen LogP) is 3.55. The third-order valence-electron chi connectivity index (χ3n) is 4.38. The van der Waals surface area contributed by atoms with Gasteiger partial charge in [0.15, 0.2) is 18.2 Å². The minimum Gasteiger partial charge on any atom is -0.497 e. The Kier molecular flexibility index (Phi) is 5.78. The monoisotopic (exact) mass is 377 g/mol. The van der Waals surface area contributed by atoms with Crippen molar-refractivity contribution in [1.29, 1.82) is 0 Å². The molecule has 1 amide bonds. The van der Waals surface area contributed by atoms with E-state index < -0.39 is 11.6 Å². The van der Waals surface area contributed by atoms with Crippen LogP contribution in [0.1, 0.15) is 18.4 Å². The molecule has 0 heterocycles. The Balaban J connectivity index is 1.71. The van der Waals surface area contributed by atoms with Crippen molar-refractivity contribution in [2.24, 2.45) is 0 Å². The van der Waals surface area contributed by atoms with Gasteiger partial charge in [-0.25, -0.2) is 8.78 Å². The molecule has 0 bridgehead atoms. The maximum absolute atomic E-state index is 13.7. The molecule has 2 aromatic carbocycles. The van der Waals surface area contributed by atoms with Crippen LogP contribution in [0.2, 0.25) is 0 Å². The molecular weight excluding hydrogens is 356 g/mol. The van der Waals surface area contributed by atoms with Crippen molar-refractivity contribution in [2.45, 2.75) is 25.4 Å². The van der Waals surface area contributed by atoms with Gasteiger partial charge in [0.25, 0.3) is 5.91 Å². The quantitative estimate of drug-likeness (QED) is 0.706. The lowest BCUT2D eigenvalue weighted by Crippen LogP contribution is -2.36. The SMILES string of the molecule is COc1ccc(OC)c(CN(C(=O)COc2ccc(F)cc2F)C2CC2)c1. The summed E-state index contributed by atoms with van der Waals surface area (Å²) in [7, 11) is 3.13. The summed E-state index contributed by atoms with van der Waals surface area (Å²) < 4.78 is 42.5. The summed E-state index contributed by atoms with van der Waals surface area (Å²) in [5.41, 5.74) is 0.810. The zero-order valence-corrected chi connectivity index (χ0v) is 15.2. The van der Waals surface area contributed by atoms with Crippen molar-refractivity contribution >= 4 is 5.91 Å². The van der Waals surface area contributed by atoms with Crippen molar-refractivity contribution in [3.05, 3.63) is 53.6 Å². The lowest BCUT2D eigenvalue weighted by molar-refractivity contribution is -0.134. The molecule has 27 heavy (non-hydrogen) atoms. The highest BCUT2D eigenvalue weighted by Crippen LogP contribution is 2.32. The second-order valence-corrected chi connectivity index (χ2v) is 6.29. The van der Waals surface area contributed by atoms with Gasteiger partial charge in [0.05, 0.1) is 14.2 Å². The maximum atomic E-state index is 13.7. The molecule has 0 atom stereocenters. The number of benzene rings is 2. The molecule has 1 saturated carbocycles. The summed E-state index contributed by atoms with van der Waals surface area (Å²) in [5.74, 6) is -0.643. The van der Waals surface area contributed by atoms with Gasteiger partial charge in [-0.1, -0.05) is 0 Å². The van der Waals surface area contributed by atoms with Gasteiger partial charge >= 0.3 is 0 Å². The van der Waals surface area contributed by atoms with Crippen LogP contribution in [0.3, 0.4) is 0 Å². The summed E-state index contributed by atoms with van der Waals surface area (Å²) in [6.45, 7) is 0.00443. The molecule has 1 aliphatic rings. The number of amides is 1. The number of hydrogen-bond donors (Lipinski definition) is 0. The van der Waals surface area contributed by atoms with Gasteiger partial charge in [0.1, 0.15) is 17.3 Å². The zero-order chi connectivity index (χ0) is 19.4. The fraction of sp³-hybridized carbons (Fsp3) is 0.350. The fourth-order valence-electron chi connectivity index (χ4n) is 2.81. The topological polar surface area (TPSA) is 48.0 Å². The van der Waals surface area contributed by atoms with Crippen molar-refractivity contribution < 1.29 is 27.8 Å². The van der Waals surface area contributed by atoms with E-state index in [2.05, 4.69) is 0 Å². The van der Waals surface area contributed by atoms with Crippen molar-refractivity contribution in [3.8, 4) is 17.2 Å². The van der Waals surface area contributed by atoms with Gasteiger partial charge in [-0.15, -0.1) is 0 Å². The van der Waals surface area contributed by atoms with Crippen LogP contribution in [-0.4, -0.2) is 37.7 Å². The molecule has 144 valence electrons. The molecule has 1 fully saturated rings. The molecule has 1 aliphatic carbocycles. The van der Waals surface area contributed by atoms with Crippen molar-refractivity contribution in [2.75, 3.05) is 20.8 Å². The Bertz CT molecular complexity index is 824. The molecule has 0 N–H and O–H groups in total. The van der Waals surface area contributed by atoms with E-state index in [1.165, 1.54) is 6.07 Å². The van der Waals surface area contributed by atoms with E-state index in [0.717, 1.165) is 30.5 Å². The number of carbonyl (C=O) groups excluding carboxylic acids is 1. The summed E-state index contributed by atoms with van der Waals surface area (Å²) in [4.78, 5) is 14.4. The predicted molar refractivity (Wildman–Crippen MR) is 95.0 cm³/mol. The van der Waals surface area contributed by atoms with Gasteiger partial charge < -0.3 is 19.1 Å². The summed E-state index contributed by atoms with van der Waals surface area (Å²) in [6, 6.07) is 8.49. The van der Waals surface area contributed by atoms with E-state index in [4.69, 9.17) is 14.2 Å². The van der Waals surface area contributed by atoms with Crippen LogP contribution in [0, 0.1) is 11.6 Å². The van der Waals surface area contributed by atoms with E-state index >= 15 is 0 Å². The molecule has 0 unspecified atom stereocenters. The first kappa shape index (κ1) is 18.9. The number of carbonyl (C=O) groups is 1. The molecule has 3 rings (SSSR count). The van der Waals surface area contributed by atoms with Crippen LogP contribution in [0.15, 0.2) is 36.4 Å². The first-order valence-corrected chi connectivity index (χ1v) is 8.60. The second kappa shape index (κ2) is 8.24. The van der Waals surface area contributed by atoms with Gasteiger partial charge in [-0.2, -0.15) is 0 Å². The van der Waals surface area contributed by atoms with Crippen LogP contribution < -0.4 is 14.2 Å². The molecule has 5 nitrogen and oxygen atoms in total. The Labute approximate surface area is 156 Å². The highest BCUT2D eigenvalue weighted by atomic mass is 19.1. The highest BCUT2D eigenvalue weighted by Gasteiger charge is 2.33. The van der Waals surface area contributed by atoms with Crippen LogP contribution in [-0.2, 0) is 11.3 Å². The Morgan fingerprint density at radius 2 is 1.81 bits per heavy atom. The Morgan fingerprint density at radius 3 is 2.44 bits per heavy atom. The molecule has 0 spiro atoms. The van der Waals surface area contributed by atoms with Crippen LogP contribution in [0.5, 0.6) is 17.2 Å². The van der Waals surface area contributed by atoms with Crippen molar-refractivity contribution in [3.63, 3.8) is 0 Å². The average molecular weight is 377 g/mol. The van der Waals surface area contributed by atoms with E-state index in [1.54, 1.807) is 31.3 Å². The number of ether oxygens (including phenoxy) is 3. The first-order valence-electron chi connectivity index (χ1n) is 8.60. The van der Waals surface area contributed by atoms with E-state index in [-0.39, 0.29) is 24.3 Å². The highest BCUT2D eigenvalue weighted by molar-refractivity contribution is 5.78. The van der Waals surface area contributed by atoms with Gasteiger partial charge in [-0.05, 0) is 43.2 Å². The number of methoxy groups -OCH3 is 2. The minimum atomic E-state index is -0.838. The van der Waals surface area contributed by atoms with Crippen LogP contribution in [0.25, 0.3) is 0 Å². The number of hydrogen-bond acceptors (Lipinski definition) is 4. The largest absolute Gasteiger partial charge is 0.497 e. The van der Waals surface area contributed by atoms with E-state index in [1.807, 2.05) is 6.07 Å². The summed E-state index contributed by atoms with van der Waals surface area (Å²) in [5, 5.41) is 0. The van der Waals surface area contributed by atoms with E-state index in [0.29, 0.717) is 18.0 Å².